The zero-order valence-electron chi connectivity index (χ0n) is 27.2. The summed E-state index contributed by atoms with van der Waals surface area (Å²) in [6.07, 6.45) is 10.7. The van der Waals surface area contributed by atoms with Crippen molar-refractivity contribution in [3.63, 3.8) is 0 Å². The van der Waals surface area contributed by atoms with Crippen LogP contribution in [0.4, 0.5) is 4.79 Å². The van der Waals surface area contributed by atoms with Crippen molar-refractivity contribution in [3.05, 3.63) is 23.9 Å². The highest BCUT2D eigenvalue weighted by molar-refractivity contribution is 5.89. The molecule has 3 fully saturated rings. The van der Waals surface area contributed by atoms with E-state index in [4.69, 9.17) is 24.2 Å². The van der Waals surface area contributed by atoms with Gasteiger partial charge < -0.3 is 29.2 Å². The molecule has 3 heterocycles. The van der Waals surface area contributed by atoms with Crippen molar-refractivity contribution in [1.29, 1.82) is 0 Å². The molecule has 2 aliphatic carbocycles. The third-order valence-electron chi connectivity index (χ3n) is 11.1. The Kier molecular flexibility index (Phi) is 8.94. The van der Waals surface area contributed by atoms with Crippen molar-refractivity contribution >= 4 is 29.3 Å². The van der Waals surface area contributed by atoms with E-state index in [1.54, 1.807) is 12.0 Å². The van der Waals surface area contributed by atoms with Gasteiger partial charge in [-0.15, -0.1) is 0 Å². The number of fused-ring (bicyclic) bond motifs is 5. The molecular weight excluding hydrogens is 572 g/mol. The van der Waals surface area contributed by atoms with Crippen molar-refractivity contribution in [2.24, 2.45) is 17.3 Å². The number of carbonyl (C=O) groups excluding carboxylic acids is 3. The average molecular weight is 621 g/mol. The molecule has 0 unspecified atom stereocenters. The topological polar surface area (TPSA) is 120 Å². The van der Waals surface area contributed by atoms with E-state index in [0.29, 0.717) is 35.9 Å². The Hall–Kier alpha value is -3.43. The van der Waals surface area contributed by atoms with Crippen molar-refractivity contribution in [1.82, 2.24) is 20.2 Å². The lowest BCUT2D eigenvalue weighted by Crippen LogP contribution is -2.58. The zero-order chi connectivity index (χ0) is 31.8. The van der Waals surface area contributed by atoms with Crippen molar-refractivity contribution in [2.45, 2.75) is 122 Å². The minimum Gasteiger partial charge on any atom is -0.497 e. The maximum absolute atomic E-state index is 14.5. The van der Waals surface area contributed by atoms with Crippen LogP contribution in [-0.4, -0.2) is 70.6 Å². The van der Waals surface area contributed by atoms with Crippen LogP contribution in [-0.2, 0) is 20.7 Å². The van der Waals surface area contributed by atoms with Gasteiger partial charge in [-0.2, -0.15) is 0 Å². The minimum absolute atomic E-state index is 0.223. The fourth-order valence-corrected chi connectivity index (χ4v) is 8.05. The van der Waals surface area contributed by atoms with E-state index in [2.05, 4.69) is 12.2 Å². The fraction of sp³-hybridized carbons (Fsp3) is 0.686. The van der Waals surface area contributed by atoms with Gasteiger partial charge in [0.2, 0.25) is 11.8 Å². The molecule has 0 spiro atoms. The number of nitrogens with zero attached hydrogens (tertiary/aromatic N) is 3. The van der Waals surface area contributed by atoms with Crippen LogP contribution in [0.1, 0.15) is 97.1 Å². The molecule has 1 N–H and O–H groups in total. The molecule has 2 aliphatic heterocycles. The van der Waals surface area contributed by atoms with Crippen molar-refractivity contribution in [2.75, 3.05) is 13.7 Å². The van der Waals surface area contributed by atoms with Gasteiger partial charge in [-0.3, -0.25) is 4.79 Å². The monoisotopic (exact) mass is 620 g/mol. The Labute approximate surface area is 266 Å². The lowest BCUT2D eigenvalue weighted by Gasteiger charge is -2.42. The van der Waals surface area contributed by atoms with Gasteiger partial charge in [0, 0.05) is 17.9 Å². The lowest BCUT2D eigenvalue weighted by molar-refractivity contribution is -0.140. The van der Waals surface area contributed by atoms with Crippen LogP contribution in [0, 0.1) is 17.3 Å². The van der Waals surface area contributed by atoms with E-state index in [9.17, 15) is 14.4 Å². The van der Waals surface area contributed by atoms with Crippen LogP contribution in [0.15, 0.2) is 18.2 Å². The first-order chi connectivity index (χ1) is 21.7. The molecule has 1 aromatic heterocycles. The lowest BCUT2D eigenvalue weighted by atomic mass is 9.70. The predicted octanol–water partition coefficient (Wildman–Crippen LogP) is 5.78. The number of alkyl carbamates (subject to hydrolysis) is 1. The molecule has 1 saturated heterocycles. The number of ether oxygens (including phenoxy) is 3. The van der Waals surface area contributed by atoms with Crippen molar-refractivity contribution < 1.29 is 28.6 Å². The second-order valence-electron chi connectivity index (χ2n) is 14.2. The number of aldehydes is 1. The maximum Gasteiger partial charge on any atom is 0.408 e. The van der Waals surface area contributed by atoms with Crippen LogP contribution in [0.25, 0.3) is 11.0 Å². The second kappa shape index (κ2) is 12.8. The number of aryl methyl sites for hydroxylation is 1. The summed E-state index contributed by atoms with van der Waals surface area (Å²) in [7, 11) is 1.62. The number of methoxy groups -OCH3 is 1. The van der Waals surface area contributed by atoms with Crippen LogP contribution in [0.3, 0.4) is 0 Å². The van der Waals surface area contributed by atoms with Crippen molar-refractivity contribution in [3.8, 4) is 11.6 Å². The van der Waals surface area contributed by atoms with Gasteiger partial charge in [0.1, 0.15) is 35.5 Å². The Morgan fingerprint density at radius 2 is 1.84 bits per heavy atom. The summed E-state index contributed by atoms with van der Waals surface area (Å²) in [5.74, 6) is 0.960. The molecule has 1 aromatic carbocycles. The number of hydrogen-bond donors (Lipinski definition) is 1. The van der Waals surface area contributed by atoms with Gasteiger partial charge in [-0.25, -0.2) is 14.8 Å². The van der Waals surface area contributed by atoms with Gasteiger partial charge in [-0.05, 0) is 69.4 Å². The highest BCUT2D eigenvalue weighted by Gasteiger charge is 2.55. The molecule has 2 aromatic rings. The highest BCUT2D eigenvalue weighted by Crippen LogP contribution is 2.50. The zero-order valence-corrected chi connectivity index (χ0v) is 27.2. The molecule has 10 heteroatoms. The van der Waals surface area contributed by atoms with Crippen LogP contribution in [0.5, 0.6) is 11.6 Å². The molecule has 2 amide bonds. The molecular formula is C35H48N4O6. The molecule has 45 heavy (non-hydrogen) atoms. The summed E-state index contributed by atoms with van der Waals surface area (Å²) >= 11 is 0. The van der Waals surface area contributed by atoms with Crippen LogP contribution < -0.4 is 14.8 Å². The van der Waals surface area contributed by atoms with Gasteiger partial charge in [0.25, 0.3) is 0 Å². The van der Waals surface area contributed by atoms with E-state index in [-0.39, 0.29) is 18.4 Å². The molecule has 6 atom stereocenters. The van der Waals surface area contributed by atoms with Crippen LogP contribution >= 0.6 is 0 Å². The summed E-state index contributed by atoms with van der Waals surface area (Å²) in [4.78, 5) is 52.2. The van der Waals surface area contributed by atoms with Gasteiger partial charge >= 0.3 is 6.09 Å². The number of benzene rings is 1. The van der Waals surface area contributed by atoms with Crippen LogP contribution in [0.2, 0.25) is 0 Å². The van der Waals surface area contributed by atoms with E-state index in [1.165, 1.54) is 0 Å². The Bertz CT molecular complexity index is 1430. The molecule has 244 valence electrons. The number of rotatable bonds is 4. The summed E-state index contributed by atoms with van der Waals surface area (Å²) in [6.45, 7) is 6.32. The minimum atomic E-state index is -0.799. The molecule has 0 radical (unpaired) electrons. The highest BCUT2D eigenvalue weighted by atomic mass is 16.6. The second-order valence-corrected chi connectivity index (χ2v) is 14.2. The van der Waals surface area contributed by atoms with E-state index in [1.807, 2.05) is 32.0 Å². The predicted molar refractivity (Wildman–Crippen MR) is 169 cm³/mol. The largest absolute Gasteiger partial charge is 0.497 e. The third kappa shape index (κ3) is 6.34. The van der Waals surface area contributed by atoms with Gasteiger partial charge in [0.05, 0.1) is 30.7 Å². The number of nitrogens with one attached hydrogen (secondary N) is 1. The Balaban J connectivity index is 1.37. The van der Waals surface area contributed by atoms with E-state index < -0.39 is 35.3 Å². The number of carbonyl (C=O) groups is 3. The summed E-state index contributed by atoms with van der Waals surface area (Å²) in [5, 5.41) is 3.03. The first-order valence-electron chi connectivity index (χ1n) is 16.9. The standard InChI is InChI=1S/C35H48N4O6/c1-5-24-28(21-40)39-20-29(24)44-31-26(36-25-15-14-23(43-4)18-27(25)37-31)13-9-6-8-12-22-19-35(22,3)45-33(42)38-30(32(39)41)34(2)16-10-7-11-17-34/h14-15,18,21-22,24,28-30H,5-13,16-17,19-20H2,1-4H3,(H,38,42)/t22-,24+,28-,29+,30-,35-/m1/s1. The molecule has 10 nitrogen and oxygen atoms in total. The summed E-state index contributed by atoms with van der Waals surface area (Å²) < 4.78 is 18.1. The first-order valence-corrected chi connectivity index (χ1v) is 16.9. The van der Waals surface area contributed by atoms with Gasteiger partial charge in [0.15, 0.2) is 0 Å². The Morgan fingerprint density at radius 3 is 2.58 bits per heavy atom. The number of amides is 2. The quantitative estimate of drug-likeness (QED) is 0.427. The maximum atomic E-state index is 14.5. The molecule has 2 bridgehead atoms. The number of aromatic nitrogens is 2. The number of hydrogen-bond acceptors (Lipinski definition) is 8. The third-order valence-corrected chi connectivity index (χ3v) is 11.1. The smallest absolute Gasteiger partial charge is 0.408 e. The fourth-order valence-electron chi connectivity index (χ4n) is 8.05. The summed E-state index contributed by atoms with van der Waals surface area (Å²) in [6, 6.07) is 4.16. The van der Waals surface area contributed by atoms with E-state index >= 15 is 0 Å². The molecule has 4 aliphatic rings. The normalized spacial score (nSPS) is 32.2. The summed E-state index contributed by atoms with van der Waals surface area (Å²) in [5.41, 5.74) is 1.27. The molecule has 2 saturated carbocycles. The Morgan fingerprint density at radius 1 is 1.07 bits per heavy atom. The first kappa shape index (κ1) is 31.5. The van der Waals surface area contributed by atoms with Gasteiger partial charge in [-0.1, -0.05) is 46.0 Å². The average Bonchev–Trinajstić information content (AvgIpc) is 3.52. The van der Waals surface area contributed by atoms with E-state index in [0.717, 1.165) is 81.7 Å². The molecule has 6 rings (SSSR count). The SMILES string of the molecule is CC[C@@H]1[C@@H]2CN(C(=O)[C@H](C3(C)CCCCC3)NC(=O)O[C@]3(C)C[C@H]3CCCCCc3nc4ccc(OC)cc4nc3O2)[C@@H]1C=O.